The monoisotopic (exact) mass is 461 g/mol. The van der Waals surface area contributed by atoms with Crippen LogP contribution in [0.2, 0.25) is 0 Å². The summed E-state index contributed by atoms with van der Waals surface area (Å²) in [5.74, 6) is -0.286. The summed E-state index contributed by atoms with van der Waals surface area (Å²) in [7, 11) is 0. The van der Waals surface area contributed by atoms with E-state index in [2.05, 4.69) is 4.98 Å². The lowest BCUT2D eigenvalue weighted by Gasteiger charge is -2.23. The molecule has 1 aromatic heterocycles. The second-order valence-corrected chi connectivity index (χ2v) is 8.20. The Morgan fingerprint density at radius 2 is 1.74 bits per heavy atom. The van der Waals surface area contributed by atoms with Gasteiger partial charge >= 0.3 is 5.69 Å². The Bertz CT molecular complexity index is 1310. The Morgan fingerprint density at radius 3 is 2.35 bits per heavy atom. The van der Waals surface area contributed by atoms with E-state index in [4.69, 9.17) is 5.73 Å². The van der Waals surface area contributed by atoms with Gasteiger partial charge in [-0.1, -0.05) is 42.5 Å². The predicted octanol–water partition coefficient (Wildman–Crippen LogP) is 1.89. The van der Waals surface area contributed by atoms with Crippen molar-refractivity contribution in [2.75, 3.05) is 28.6 Å². The number of hydrogen-bond acceptors (Lipinski definition) is 5. The molecule has 1 fully saturated rings. The molecule has 176 valence electrons. The van der Waals surface area contributed by atoms with E-state index in [1.165, 1.54) is 9.47 Å². The fourth-order valence-electron chi connectivity index (χ4n) is 4.21. The molecule has 9 heteroatoms. The summed E-state index contributed by atoms with van der Waals surface area (Å²) in [6.45, 7) is 2.81. The molecule has 9 nitrogen and oxygen atoms in total. The fraction of sp³-hybridized carbons (Fsp3) is 0.280. The van der Waals surface area contributed by atoms with Gasteiger partial charge in [0, 0.05) is 25.2 Å². The van der Waals surface area contributed by atoms with Crippen LogP contribution in [-0.4, -0.2) is 34.5 Å². The van der Waals surface area contributed by atoms with Crippen molar-refractivity contribution in [3.8, 4) is 0 Å². The van der Waals surface area contributed by atoms with Crippen LogP contribution in [0, 0.1) is 0 Å². The van der Waals surface area contributed by atoms with E-state index in [0.717, 1.165) is 23.2 Å². The summed E-state index contributed by atoms with van der Waals surface area (Å²) in [6.07, 6.45) is 1.43. The van der Waals surface area contributed by atoms with Gasteiger partial charge in [0.25, 0.3) is 5.56 Å². The highest BCUT2D eigenvalue weighted by molar-refractivity contribution is 5.97. The maximum absolute atomic E-state index is 13.2. The van der Waals surface area contributed by atoms with Crippen LogP contribution in [0.4, 0.5) is 17.2 Å². The maximum Gasteiger partial charge on any atom is 0.330 e. The Kier molecular flexibility index (Phi) is 6.62. The molecular formula is C25H27N5O4. The first-order chi connectivity index (χ1) is 16.4. The average molecular weight is 462 g/mol. The highest BCUT2D eigenvalue weighted by Crippen LogP contribution is 2.23. The minimum Gasteiger partial charge on any atom is -0.383 e. The normalized spacial score (nSPS) is 13.3. The number of aromatic nitrogens is 2. The van der Waals surface area contributed by atoms with Gasteiger partial charge in [0.05, 0.1) is 13.0 Å². The lowest BCUT2D eigenvalue weighted by Crippen LogP contribution is -2.41. The number of amides is 2. The molecule has 0 bridgehead atoms. The van der Waals surface area contributed by atoms with Gasteiger partial charge in [-0.15, -0.1) is 0 Å². The van der Waals surface area contributed by atoms with Crippen molar-refractivity contribution < 1.29 is 9.59 Å². The Labute approximate surface area is 196 Å². The molecule has 0 spiro atoms. The smallest absolute Gasteiger partial charge is 0.330 e. The van der Waals surface area contributed by atoms with Crippen LogP contribution in [0.15, 0.2) is 64.2 Å². The van der Waals surface area contributed by atoms with E-state index < -0.39 is 11.2 Å². The van der Waals surface area contributed by atoms with Crippen LogP contribution in [0.3, 0.4) is 0 Å². The van der Waals surface area contributed by atoms with Gasteiger partial charge in [-0.2, -0.15) is 0 Å². The zero-order chi connectivity index (χ0) is 24.2. The molecule has 0 unspecified atom stereocenters. The number of anilines is 3. The molecule has 1 saturated heterocycles. The van der Waals surface area contributed by atoms with E-state index in [-0.39, 0.29) is 42.8 Å². The zero-order valence-corrected chi connectivity index (χ0v) is 19.0. The molecule has 0 atom stereocenters. The Hall–Kier alpha value is -4.14. The van der Waals surface area contributed by atoms with Crippen molar-refractivity contribution in [2.45, 2.75) is 32.7 Å². The number of nitrogens with one attached hydrogen (secondary N) is 1. The first-order valence-corrected chi connectivity index (χ1v) is 11.2. The van der Waals surface area contributed by atoms with E-state index in [1.807, 2.05) is 42.5 Å². The van der Waals surface area contributed by atoms with Crippen LogP contribution in [-0.2, 0) is 22.6 Å². The van der Waals surface area contributed by atoms with Crippen molar-refractivity contribution in [1.82, 2.24) is 9.55 Å². The van der Waals surface area contributed by atoms with Crippen molar-refractivity contribution in [2.24, 2.45) is 0 Å². The minimum absolute atomic E-state index is 0.0395. The highest BCUT2D eigenvalue weighted by atomic mass is 16.2. The van der Waals surface area contributed by atoms with Crippen molar-refractivity contribution in [3.63, 3.8) is 0 Å². The van der Waals surface area contributed by atoms with Crippen LogP contribution in [0.5, 0.6) is 0 Å². The van der Waals surface area contributed by atoms with Gasteiger partial charge in [0.15, 0.2) is 5.69 Å². The van der Waals surface area contributed by atoms with Crippen LogP contribution >= 0.6 is 0 Å². The molecular weight excluding hydrogens is 434 g/mol. The summed E-state index contributed by atoms with van der Waals surface area (Å²) in [6, 6.07) is 16.5. The molecule has 3 N–H and O–H groups in total. The molecule has 0 aliphatic carbocycles. The van der Waals surface area contributed by atoms with Crippen LogP contribution in [0.25, 0.3) is 0 Å². The SMILES string of the molecule is CCN(C(=O)Cc1ccc(N2CCCC2=O)cc1)c1c(N)n(Cc2ccccc2)c(=O)[nH]c1=O. The zero-order valence-electron chi connectivity index (χ0n) is 19.0. The molecule has 2 amide bonds. The number of likely N-dealkylation sites (N-methyl/N-ethyl adjacent to an activating group) is 1. The first kappa shape index (κ1) is 23.0. The van der Waals surface area contributed by atoms with Crippen molar-refractivity contribution >= 4 is 29.0 Å². The van der Waals surface area contributed by atoms with Gasteiger partial charge in [-0.3, -0.25) is 23.9 Å². The number of aromatic amines is 1. The number of nitrogen functional groups attached to an aromatic ring is 1. The number of carbonyl (C=O) groups excluding carboxylic acids is 2. The number of rotatable bonds is 7. The number of hydrogen-bond donors (Lipinski definition) is 2. The number of nitrogens with zero attached hydrogens (tertiary/aromatic N) is 3. The number of benzene rings is 2. The summed E-state index contributed by atoms with van der Waals surface area (Å²) < 4.78 is 1.25. The molecule has 1 aliphatic rings. The number of carbonyl (C=O) groups is 2. The quantitative estimate of drug-likeness (QED) is 0.557. The maximum atomic E-state index is 13.2. The molecule has 0 saturated carbocycles. The highest BCUT2D eigenvalue weighted by Gasteiger charge is 2.24. The third-order valence-electron chi connectivity index (χ3n) is 5.96. The second kappa shape index (κ2) is 9.78. The lowest BCUT2D eigenvalue weighted by atomic mass is 10.1. The summed E-state index contributed by atoms with van der Waals surface area (Å²) in [5, 5.41) is 0. The van der Waals surface area contributed by atoms with E-state index >= 15 is 0 Å². The van der Waals surface area contributed by atoms with Gasteiger partial charge in [-0.25, -0.2) is 4.79 Å². The third kappa shape index (κ3) is 4.63. The first-order valence-electron chi connectivity index (χ1n) is 11.2. The van der Waals surface area contributed by atoms with Crippen molar-refractivity contribution in [1.29, 1.82) is 0 Å². The predicted molar refractivity (Wildman–Crippen MR) is 131 cm³/mol. The van der Waals surface area contributed by atoms with Gasteiger partial charge in [-0.05, 0) is 36.6 Å². The van der Waals surface area contributed by atoms with Crippen LogP contribution in [0.1, 0.15) is 30.9 Å². The molecule has 3 aromatic rings. The molecule has 1 aliphatic heterocycles. The van der Waals surface area contributed by atoms with E-state index in [9.17, 15) is 19.2 Å². The van der Waals surface area contributed by atoms with E-state index in [0.29, 0.717) is 13.0 Å². The topological polar surface area (TPSA) is 121 Å². The van der Waals surface area contributed by atoms with Gasteiger partial charge in [0.1, 0.15) is 5.82 Å². The molecule has 4 rings (SSSR count). The summed E-state index contributed by atoms with van der Waals surface area (Å²) >= 11 is 0. The minimum atomic E-state index is -0.704. The number of nitrogens with two attached hydrogens (primary N) is 1. The lowest BCUT2D eigenvalue weighted by molar-refractivity contribution is -0.118. The fourth-order valence-corrected chi connectivity index (χ4v) is 4.21. The molecule has 34 heavy (non-hydrogen) atoms. The van der Waals surface area contributed by atoms with Crippen LogP contribution < -0.4 is 26.8 Å². The molecule has 0 radical (unpaired) electrons. The summed E-state index contributed by atoms with van der Waals surface area (Å²) in [5.41, 5.74) is 7.26. The van der Waals surface area contributed by atoms with Gasteiger partial charge < -0.3 is 15.5 Å². The van der Waals surface area contributed by atoms with Crippen molar-refractivity contribution in [3.05, 3.63) is 86.6 Å². The summed E-state index contributed by atoms with van der Waals surface area (Å²) in [4.78, 5) is 55.5. The average Bonchev–Trinajstić information content (AvgIpc) is 3.26. The largest absolute Gasteiger partial charge is 0.383 e. The number of H-pyrrole nitrogens is 1. The molecule has 2 heterocycles. The Balaban J connectivity index is 1.58. The molecule has 2 aromatic carbocycles. The second-order valence-electron chi connectivity index (χ2n) is 8.20. The Morgan fingerprint density at radius 1 is 1.03 bits per heavy atom. The standard InChI is InChI=1S/C25H27N5O4/c1-2-28(21(32)15-17-10-12-19(13-11-17)29-14-6-9-20(29)31)22-23(26)30(25(34)27-24(22)33)16-18-7-4-3-5-8-18/h3-5,7-8,10-13H,2,6,9,14-16,26H2,1H3,(H,27,33,34). The van der Waals surface area contributed by atoms with Gasteiger partial charge in [0.2, 0.25) is 11.8 Å². The third-order valence-corrected chi connectivity index (χ3v) is 5.96. The van der Waals surface area contributed by atoms with E-state index in [1.54, 1.807) is 24.0 Å².